The molecule has 24 heavy (non-hydrogen) atoms. The van der Waals surface area contributed by atoms with Gasteiger partial charge in [0.15, 0.2) is 11.5 Å². The van der Waals surface area contributed by atoms with Gasteiger partial charge in [0, 0.05) is 10.7 Å². The van der Waals surface area contributed by atoms with Gasteiger partial charge in [0.2, 0.25) is 0 Å². The third kappa shape index (κ3) is 4.01. The fraction of sp³-hybridized carbons (Fsp3) is 0. The van der Waals surface area contributed by atoms with Crippen LogP contribution in [-0.4, -0.2) is 16.1 Å². The molecule has 5 nitrogen and oxygen atoms in total. The molecule has 1 aromatic heterocycles. The van der Waals surface area contributed by atoms with Crippen LogP contribution in [0.2, 0.25) is 10.0 Å². The summed E-state index contributed by atoms with van der Waals surface area (Å²) in [6, 6.07) is 17.6. The molecule has 0 aliphatic carbocycles. The summed E-state index contributed by atoms with van der Waals surface area (Å²) < 4.78 is 0. The number of rotatable bonds is 4. The van der Waals surface area contributed by atoms with Crippen molar-refractivity contribution in [3.63, 3.8) is 0 Å². The van der Waals surface area contributed by atoms with Crippen molar-refractivity contribution < 1.29 is 4.79 Å². The Hall–Kier alpha value is -2.63. The van der Waals surface area contributed by atoms with Crippen molar-refractivity contribution in [1.82, 2.24) is 10.2 Å². The lowest BCUT2D eigenvalue weighted by Gasteiger charge is -2.08. The topological polar surface area (TPSA) is 66.9 Å². The number of halogens is 2. The van der Waals surface area contributed by atoms with Gasteiger partial charge in [-0.1, -0.05) is 41.4 Å². The van der Waals surface area contributed by atoms with Crippen molar-refractivity contribution in [2.45, 2.75) is 0 Å². The van der Waals surface area contributed by atoms with Crippen LogP contribution in [0.5, 0.6) is 0 Å². The molecule has 0 unspecified atom stereocenters. The van der Waals surface area contributed by atoms with Gasteiger partial charge in [0.25, 0.3) is 5.91 Å². The summed E-state index contributed by atoms with van der Waals surface area (Å²) in [5, 5.41) is 14.5. The van der Waals surface area contributed by atoms with Gasteiger partial charge < -0.3 is 10.6 Å². The molecule has 120 valence electrons. The lowest BCUT2D eigenvalue weighted by atomic mass is 10.3. The molecular weight excluding hydrogens is 347 g/mol. The lowest BCUT2D eigenvalue weighted by Crippen LogP contribution is -2.14. The zero-order valence-corrected chi connectivity index (χ0v) is 13.8. The molecule has 3 rings (SSSR count). The average molecular weight is 359 g/mol. The summed E-state index contributed by atoms with van der Waals surface area (Å²) in [6.07, 6.45) is 0. The van der Waals surface area contributed by atoms with Crippen LogP contribution in [0.3, 0.4) is 0 Å². The van der Waals surface area contributed by atoms with Crippen LogP contribution in [-0.2, 0) is 0 Å². The van der Waals surface area contributed by atoms with E-state index in [9.17, 15) is 4.79 Å². The molecule has 0 aliphatic rings. The van der Waals surface area contributed by atoms with Gasteiger partial charge >= 0.3 is 0 Å². The highest BCUT2D eigenvalue weighted by molar-refractivity contribution is 6.36. The molecule has 2 N–H and O–H groups in total. The molecule has 0 saturated carbocycles. The molecule has 1 heterocycles. The van der Waals surface area contributed by atoms with Gasteiger partial charge in [-0.2, -0.15) is 0 Å². The Bertz CT molecular complexity index is 854. The maximum absolute atomic E-state index is 12.2. The van der Waals surface area contributed by atoms with Crippen molar-refractivity contribution in [3.8, 4) is 0 Å². The summed E-state index contributed by atoms with van der Waals surface area (Å²) in [6.45, 7) is 0. The van der Waals surface area contributed by atoms with Crippen molar-refractivity contribution in [1.29, 1.82) is 0 Å². The van der Waals surface area contributed by atoms with Gasteiger partial charge in [-0.15, -0.1) is 10.2 Å². The first kappa shape index (κ1) is 16.2. The van der Waals surface area contributed by atoms with Crippen LogP contribution >= 0.6 is 23.2 Å². The van der Waals surface area contributed by atoms with E-state index < -0.39 is 5.91 Å². The maximum Gasteiger partial charge on any atom is 0.276 e. The molecule has 0 spiro atoms. The van der Waals surface area contributed by atoms with E-state index in [1.165, 1.54) is 0 Å². The molecule has 0 radical (unpaired) electrons. The third-order valence-electron chi connectivity index (χ3n) is 3.12. The zero-order valence-electron chi connectivity index (χ0n) is 12.3. The number of nitrogens with zero attached hydrogens (tertiary/aromatic N) is 2. The largest absolute Gasteiger partial charge is 0.339 e. The van der Waals surface area contributed by atoms with Crippen LogP contribution in [0.4, 0.5) is 17.2 Å². The third-order valence-corrected chi connectivity index (χ3v) is 3.67. The van der Waals surface area contributed by atoms with Crippen LogP contribution in [0.1, 0.15) is 10.5 Å². The fourth-order valence-electron chi connectivity index (χ4n) is 1.97. The number of nitrogens with one attached hydrogen (secondary N) is 2. The second-order valence-electron chi connectivity index (χ2n) is 4.87. The number of anilines is 3. The number of carbonyl (C=O) groups is 1. The number of hydrogen-bond donors (Lipinski definition) is 2. The molecule has 0 saturated heterocycles. The lowest BCUT2D eigenvalue weighted by molar-refractivity contribution is 0.102. The molecule has 1 amide bonds. The van der Waals surface area contributed by atoms with E-state index in [-0.39, 0.29) is 5.69 Å². The van der Waals surface area contributed by atoms with E-state index in [2.05, 4.69) is 20.8 Å². The highest BCUT2D eigenvalue weighted by Crippen LogP contribution is 2.25. The Morgan fingerprint density at radius 1 is 0.917 bits per heavy atom. The maximum atomic E-state index is 12.2. The van der Waals surface area contributed by atoms with Gasteiger partial charge in [0.1, 0.15) is 0 Å². The molecule has 0 atom stereocenters. The average Bonchev–Trinajstić information content (AvgIpc) is 2.59. The fourth-order valence-corrected chi connectivity index (χ4v) is 2.42. The van der Waals surface area contributed by atoms with E-state index in [0.29, 0.717) is 21.6 Å². The standard InChI is InChI=1S/C17H12Cl2N4O/c18-11-6-7-14(13(19)10-11)21-17(24)15-8-9-16(23-22-15)20-12-4-2-1-3-5-12/h1-10H,(H,20,23)(H,21,24). The van der Waals surface area contributed by atoms with E-state index in [0.717, 1.165) is 5.69 Å². The molecule has 2 aromatic carbocycles. The van der Waals surface area contributed by atoms with Crippen LogP contribution in [0.25, 0.3) is 0 Å². The Kier molecular flexibility index (Phi) is 4.93. The zero-order chi connectivity index (χ0) is 16.9. The summed E-state index contributed by atoms with van der Waals surface area (Å²) >= 11 is 11.9. The monoisotopic (exact) mass is 358 g/mol. The first-order valence-corrected chi connectivity index (χ1v) is 7.79. The van der Waals surface area contributed by atoms with Crippen LogP contribution in [0, 0.1) is 0 Å². The number of para-hydroxylation sites is 1. The van der Waals surface area contributed by atoms with Crippen molar-refractivity contribution in [3.05, 3.63) is 76.4 Å². The van der Waals surface area contributed by atoms with Gasteiger partial charge in [0.05, 0.1) is 10.7 Å². The normalized spacial score (nSPS) is 10.2. The molecule has 0 fully saturated rings. The Morgan fingerprint density at radius 3 is 2.38 bits per heavy atom. The molecule has 7 heteroatoms. The van der Waals surface area contributed by atoms with Gasteiger partial charge in [-0.3, -0.25) is 4.79 Å². The highest BCUT2D eigenvalue weighted by atomic mass is 35.5. The second-order valence-corrected chi connectivity index (χ2v) is 5.72. The summed E-state index contributed by atoms with van der Waals surface area (Å²) in [7, 11) is 0. The SMILES string of the molecule is O=C(Nc1ccc(Cl)cc1Cl)c1ccc(Nc2ccccc2)nn1. The predicted molar refractivity (Wildman–Crippen MR) is 96.2 cm³/mol. The molecular formula is C17H12Cl2N4O. The number of hydrogen-bond acceptors (Lipinski definition) is 4. The molecule has 3 aromatic rings. The molecule has 0 bridgehead atoms. The summed E-state index contributed by atoms with van der Waals surface area (Å²) in [5.74, 6) is 0.139. The Morgan fingerprint density at radius 2 is 1.71 bits per heavy atom. The summed E-state index contributed by atoms with van der Waals surface area (Å²) in [4.78, 5) is 12.2. The van der Waals surface area contributed by atoms with Crippen molar-refractivity contribution in [2.24, 2.45) is 0 Å². The highest BCUT2D eigenvalue weighted by Gasteiger charge is 2.11. The van der Waals surface area contributed by atoms with Gasteiger partial charge in [-0.05, 0) is 42.5 Å². The quantitative estimate of drug-likeness (QED) is 0.704. The Labute approximate surface area is 148 Å². The smallest absolute Gasteiger partial charge is 0.276 e. The first-order chi connectivity index (χ1) is 11.6. The van der Waals surface area contributed by atoms with E-state index in [1.807, 2.05) is 30.3 Å². The minimum Gasteiger partial charge on any atom is -0.339 e. The van der Waals surface area contributed by atoms with E-state index >= 15 is 0 Å². The summed E-state index contributed by atoms with van der Waals surface area (Å²) in [5.41, 5.74) is 1.52. The van der Waals surface area contributed by atoms with Gasteiger partial charge in [-0.25, -0.2) is 0 Å². The number of benzene rings is 2. The minimum atomic E-state index is -0.405. The van der Waals surface area contributed by atoms with E-state index in [1.54, 1.807) is 30.3 Å². The predicted octanol–water partition coefficient (Wildman–Crippen LogP) is 4.78. The second kappa shape index (κ2) is 7.29. The van der Waals surface area contributed by atoms with Crippen molar-refractivity contribution in [2.75, 3.05) is 10.6 Å². The molecule has 0 aliphatic heterocycles. The van der Waals surface area contributed by atoms with Crippen LogP contribution < -0.4 is 10.6 Å². The number of amides is 1. The Balaban J connectivity index is 1.69. The van der Waals surface area contributed by atoms with Crippen LogP contribution in [0.15, 0.2) is 60.7 Å². The number of carbonyl (C=O) groups excluding carboxylic acids is 1. The van der Waals surface area contributed by atoms with Crippen molar-refractivity contribution >= 4 is 46.3 Å². The number of aromatic nitrogens is 2. The minimum absolute atomic E-state index is 0.180. The first-order valence-electron chi connectivity index (χ1n) is 7.04. The van der Waals surface area contributed by atoms with E-state index in [4.69, 9.17) is 23.2 Å².